The number of anilines is 1. The predicted octanol–water partition coefficient (Wildman–Crippen LogP) is 1.14. The van der Waals surface area contributed by atoms with Gasteiger partial charge in [0.05, 0.1) is 4.92 Å². The molecule has 1 atom stereocenters. The van der Waals surface area contributed by atoms with Gasteiger partial charge in [-0.05, 0) is 24.8 Å². The zero-order chi connectivity index (χ0) is 11.5. The Kier molecular flexibility index (Phi) is 3.00. The second kappa shape index (κ2) is 4.44. The van der Waals surface area contributed by atoms with Crippen molar-refractivity contribution in [3.63, 3.8) is 0 Å². The molecule has 1 aliphatic carbocycles. The van der Waals surface area contributed by atoms with Gasteiger partial charge in [-0.1, -0.05) is 0 Å². The van der Waals surface area contributed by atoms with Gasteiger partial charge in [-0.25, -0.2) is 4.98 Å². The van der Waals surface area contributed by atoms with E-state index >= 15 is 0 Å². The summed E-state index contributed by atoms with van der Waals surface area (Å²) in [4.78, 5) is 14.0. The Morgan fingerprint density at radius 3 is 2.81 bits per heavy atom. The minimum absolute atomic E-state index is 0.00118. The first-order valence-corrected chi connectivity index (χ1v) is 5.27. The molecule has 1 saturated carbocycles. The zero-order valence-corrected chi connectivity index (χ0v) is 8.80. The van der Waals surface area contributed by atoms with Crippen molar-refractivity contribution in [2.24, 2.45) is 11.7 Å². The summed E-state index contributed by atoms with van der Waals surface area (Å²) in [6.45, 7) is 0.559. The van der Waals surface area contributed by atoms with E-state index in [2.05, 4.69) is 10.3 Å². The van der Waals surface area contributed by atoms with Crippen LogP contribution in [0.4, 0.5) is 11.5 Å². The number of hydrogen-bond donors (Lipinski definition) is 2. The minimum atomic E-state index is -0.460. The maximum atomic E-state index is 10.4. The fourth-order valence-electron chi connectivity index (χ4n) is 1.64. The maximum absolute atomic E-state index is 10.4. The summed E-state index contributed by atoms with van der Waals surface area (Å²) in [5.74, 6) is 1.27. The number of nitrogens with two attached hydrogens (primary N) is 1. The van der Waals surface area contributed by atoms with E-state index < -0.39 is 4.92 Å². The molecule has 0 aliphatic heterocycles. The molecule has 0 spiro atoms. The average Bonchev–Trinajstić information content (AvgIpc) is 3.10. The van der Waals surface area contributed by atoms with E-state index in [9.17, 15) is 10.1 Å². The van der Waals surface area contributed by atoms with Gasteiger partial charge in [0.2, 0.25) is 0 Å². The van der Waals surface area contributed by atoms with Gasteiger partial charge in [0.1, 0.15) is 12.0 Å². The molecule has 0 saturated heterocycles. The van der Waals surface area contributed by atoms with Crippen molar-refractivity contribution in [3.05, 3.63) is 28.4 Å². The topological polar surface area (TPSA) is 94.1 Å². The Morgan fingerprint density at radius 1 is 1.62 bits per heavy atom. The molecule has 86 valence electrons. The molecule has 3 N–H and O–H groups in total. The first kappa shape index (κ1) is 10.8. The molecule has 6 heteroatoms. The molecule has 0 radical (unpaired) electrons. The van der Waals surface area contributed by atoms with Gasteiger partial charge >= 0.3 is 0 Å². The zero-order valence-electron chi connectivity index (χ0n) is 8.80. The van der Waals surface area contributed by atoms with E-state index in [1.165, 1.54) is 25.1 Å². The number of hydrogen-bond acceptors (Lipinski definition) is 5. The molecule has 0 bridgehead atoms. The summed E-state index contributed by atoms with van der Waals surface area (Å²) in [5, 5.41) is 13.6. The van der Waals surface area contributed by atoms with Crippen LogP contribution in [0, 0.1) is 16.0 Å². The van der Waals surface area contributed by atoms with E-state index in [-0.39, 0.29) is 11.7 Å². The maximum Gasteiger partial charge on any atom is 0.287 e. The number of pyridine rings is 1. The highest BCUT2D eigenvalue weighted by Crippen LogP contribution is 2.33. The van der Waals surface area contributed by atoms with E-state index in [4.69, 9.17) is 5.73 Å². The standard InChI is InChI=1S/C10H14N4O2/c11-5-9(7-1-2-7)13-10-4-3-8(6-12-10)14(15)16/h3-4,6-7,9H,1-2,5,11H2,(H,12,13). The first-order chi connectivity index (χ1) is 7.70. The number of nitrogens with zero attached hydrogens (tertiary/aromatic N) is 2. The summed E-state index contributed by atoms with van der Waals surface area (Å²) in [6, 6.07) is 3.29. The van der Waals surface area contributed by atoms with Crippen LogP contribution >= 0.6 is 0 Å². The molecule has 2 rings (SSSR count). The third-order valence-electron chi connectivity index (χ3n) is 2.74. The number of nitrogens with one attached hydrogen (secondary N) is 1. The Bertz CT molecular complexity index is 375. The smallest absolute Gasteiger partial charge is 0.287 e. The van der Waals surface area contributed by atoms with Crippen molar-refractivity contribution in [2.45, 2.75) is 18.9 Å². The lowest BCUT2D eigenvalue weighted by Gasteiger charge is -2.16. The highest BCUT2D eigenvalue weighted by atomic mass is 16.6. The van der Waals surface area contributed by atoms with Crippen LogP contribution in [0.15, 0.2) is 18.3 Å². The summed E-state index contributed by atoms with van der Waals surface area (Å²) in [7, 11) is 0. The van der Waals surface area contributed by atoms with Gasteiger partial charge < -0.3 is 11.1 Å². The normalized spacial score (nSPS) is 16.8. The van der Waals surface area contributed by atoms with E-state index in [0.29, 0.717) is 18.3 Å². The molecule has 1 heterocycles. The van der Waals surface area contributed by atoms with Crippen LogP contribution in [0.1, 0.15) is 12.8 Å². The fraction of sp³-hybridized carbons (Fsp3) is 0.500. The van der Waals surface area contributed by atoms with Gasteiger partial charge in [0.15, 0.2) is 0 Å². The average molecular weight is 222 g/mol. The van der Waals surface area contributed by atoms with E-state index in [0.717, 1.165) is 0 Å². The SMILES string of the molecule is NCC(Nc1ccc([N+](=O)[O-])cn1)C1CC1. The van der Waals surface area contributed by atoms with Crippen LogP contribution in [0.2, 0.25) is 0 Å². The molecular formula is C10H14N4O2. The Labute approximate surface area is 93.0 Å². The summed E-state index contributed by atoms with van der Waals surface area (Å²) in [6.07, 6.45) is 3.65. The minimum Gasteiger partial charge on any atom is -0.366 e. The van der Waals surface area contributed by atoms with E-state index in [1.807, 2.05) is 0 Å². The van der Waals surface area contributed by atoms with Crippen molar-refractivity contribution in [1.29, 1.82) is 0 Å². The molecule has 6 nitrogen and oxygen atoms in total. The predicted molar refractivity (Wildman–Crippen MR) is 60.1 cm³/mol. The van der Waals surface area contributed by atoms with Crippen molar-refractivity contribution < 1.29 is 4.92 Å². The Balaban J connectivity index is 2.01. The lowest BCUT2D eigenvalue weighted by molar-refractivity contribution is -0.385. The van der Waals surface area contributed by atoms with Crippen molar-refractivity contribution in [2.75, 3.05) is 11.9 Å². The Morgan fingerprint density at radius 2 is 2.38 bits per heavy atom. The molecule has 0 amide bonds. The highest BCUT2D eigenvalue weighted by molar-refractivity contribution is 5.41. The third kappa shape index (κ3) is 2.46. The monoisotopic (exact) mass is 222 g/mol. The van der Waals surface area contributed by atoms with Crippen molar-refractivity contribution >= 4 is 11.5 Å². The fourth-order valence-corrected chi connectivity index (χ4v) is 1.64. The van der Waals surface area contributed by atoms with Crippen LogP contribution in [-0.4, -0.2) is 22.5 Å². The molecular weight excluding hydrogens is 208 g/mol. The van der Waals surface area contributed by atoms with Crippen LogP contribution in [-0.2, 0) is 0 Å². The second-order valence-electron chi connectivity index (χ2n) is 3.98. The lowest BCUT2D eigenvalue weighted by atomic mass is 10.2. The van der Waals surface area contributed by atoms with Gasteiger partial charge in [-0.15, -0.1) is 0 Å². The molecule has 1 fully saturated rings. The van der Waals surface area contributed by atoms with Gasteiger partial charge in [0, 0.05) is 18.7 Å². The number of rotatable bonds is 5. The van der Waals surface area contributed by atoms with Gasteiger partial charge in [-0.2, -0.15) is 0 Å². The molecule has 1 aromatic rings. The molecule has 0 aromatic carbocycles. The number of nitro groups is 1. The molecule has 1 aliphatic rings. The summed E-state index contributed by atoms with van der Waals surface area (Å²) >= 11 is 0. The van der Waals surface area contributed by atoms with Crippen LogP contribution in [0.3, 0.4) is 0 Å². The van der Waals surface area contributed by atoms with Crippen LogP contribution in [0.5, 0.6) is 0 Å². The summed E-state index contributed by atoms with van der Waals surface area (Å²) < 4.78 is 0. The van der Waals surface area contributed by atoms with Crippen LogP contribution < -0.4 is 11.1 Å². The number of aromatic nitrogens is 1. The van der Waals surface area contributed by atoms with E-state index in [1.54, 1.807) is 6.07 Å². The highest BCUT2D eigenvalue weighted by Gasteiger charge is 2.30. The first-order valence-electron chi connectivity index (χ1n) is 5.27. The quantitative estimate of drug-likeness (QED) is 0.575. The lowest BCUT2D eigenvalue weighted by Crippen LogP contribution is -2.31. The van der Waals surface area contributed by atoms with Crippen molar-refractivity contribution in [1.82, 2.24) is 4.98 Å². The van der Waals surface area contributed by atoms with Crippen LogP contribution in [0.25, 0.3) is 0 Å². The van der Waals surface area contributed by atoms with Gasteiger partial charge in [0.25, 0.3) is 5.69 Å². The molecule has 1 aromatic heterocycles. The van der Waals surface area contributed by atoms with Crippen molar-refractivity contribution in [3.8, 4) is 0 Å². The molecule has 1 unspecified atom stereocenters. The Hall–Kier alpha value is -1.69. The largest absolute Gasteiger partial charge is 0.366 e. The third-order valence-corrected chi connectivity index (χ3v) is 2.74. The summed E-state index contributed by atoms with van der Waals surface area (Å²) in [5.41, 5.74) is 5.64. The second-order valence-corrected chi connectivity index (χ2v) is 3.98. The van der Waals surface area contributed by atoms with Gasteiger partial charge in [-0.3, -0.25) is 10.1 Å². The molecule has 16 heavy (non-hydrogen) atoms.